The molecule has 2 heterocycles. The van der Waals surface area contributed by atoms with Crippen molar-refractivity contribution in [2.24, 2.45) is 0 Å². The Hall–Kier alpha value is -2.09. The number of ether oxygens (including phenoxy) is 1. The van der Waals surface area contributed by atoms with Crippen LogP contribution in [-0.2, 0) is 17.6 Å². The fourth-order valence-electron chi connectivity index (χ4n) is 2.57. The Morgan fingerprint density at radius 3 is 2.52 bits per heavy atom. The van der Waals surface area contributed by atoms with Gasteiger partial charge >= 0.3 is 0 Å². The van der Waals surface area contributed by atoms with Crippen molar-refractivity contribution in [2.75, 3.05) is 6.61 Å². The molecule has 27 heavy (non-hydrogen) atoms. The Kier molecular flexibility index (Phi) is 7.65. The van der Waals surface area contributed by atoms with Crippen LogP contribution >= 0.6 is 24.2 Å². The minimum absolute atomic E-state index is 0. The quantitative estimate of drug-likeness (QED) is 0.731. The van der Waals surface area contributed by atoms with Crippen LogP contribution in [0.1, 0.15) is 29.8 Å². The molecule has 2 N–H and O–H groups in total. The Bertz CT molecular complexity index is 781. The molecule has 2 atom stereocenters. The number of hydrogen-bond acceptors (Lipinski definition) is 6. The SMILES string of the molecule is C[C@@H](O)c1ccc(CCOc2ccc(C[C@H]3SC(=O)NC3=O)cc2)nc1.Cl. The molecule has 144 valence electrons. The predicted molar refractivity (Wildman–Crippen MR) is 106 cm³/mol. The predicted octanol–water partition coefficient (Wildman–Crippen LogP) is 3.07. The van der Waals surface area contributed by atoms with Crippen molar-refractivity contribution in [3.05, 3.63) is 59.4 Å². The normalized spacial score (nSPS) is 17.2. The smallest absolute Gasteiger partial charge is 0.286 e. The van der Waals surface area contributed by atoms with E-state index in [9.17, 15) is 14.7 Å². The van der Waals surface area contributed by atoms with E-state index < -0.39 is 6.10 Å². The highest BCUT2D eigenvalue weighted by Gasteiger charge is 2.31. The van der Waals surface area contributed by atoms with Crippen molar-refractivity contribution in [3.63, 3.8) is 0 Å². The highest BCUT2D eigenvalue weighted by molar-refractivity contribution is 8.15. The first-order valence-corrected chi connectivity index (χ1v) is 9.25. The average Bonchev–Trinajstić information content (AvgIpc) is 2.94. The molecule has 0 unspecified atom stereocenters. The van der Waals surface area contributed by atoms with Crippen LogP contribution in [0.25, 0.3) is 0 Å². The molecule has 0 aliphatic carbocycles. The van der Waals surface area contributed by atoms with Crippen LogP contribution in [-0.4, -0.2) is 33.1 Å². The molecule has 0 saturated carbocycles. The first-order chi connectivity index (χ1) is 12.5. The first kappa shape index (κ1) is 21.2. The van der Waals surface area contributed by atoms with Crippen LogP contribution in [0.4, 0.5) is 4.79 Å². The Morgan fingerprint density at radius 1 is 1.22 bits per heavy atom. The van der Waals surface area contributed by atoms with Crippen LogP contribution in [0.3, 0.4) is 0 Å². The lowest BCUT2D eigenvalue weighted by molar-refractivity contribution is -0.118. The van der Waals surface area contributed by atoms with Gasteiger partial charge in [-0.2, -0.15) is 0 Å². The maximum Gasteiger partial charge on any atom is 0.286 e. The van der Waals surface area contributed by atoms with Gasteiger partial charge in [0.15, 0.2) is 0 Å². The van der Waals surface area contributed by atoms with E-state index in [-0.39, 0.29) is 28.8 Å². The van der Waals surface area contributed by atoms with Crippen LogP contribution in [0, 0.1) is 0 Å². The third-order valence-corrected chi connectivity index (χ3v) is 5.05. The van der Waals surface area contributed by atoms with E-state index in [0.717, 1.165) is 34.3 Å². The highest BCUT2D eigenvalue weighted by atomic mass is 35.5. The van der Waals surface area contributed by atoms with E-state index in [0.29, 0.717) is 19.4 Å². The molecule has 2 amide bonds. The Morgan fingerprint density at radius 2 is 1.96 bits per heavy atom. The molecule has 6 nitrogen and oxygen atoms in total. The van der Waals surface area contributed by atoms with Crippen molar-refractivity contribution in [1.82, 2.24) is 10.3 Å². The molecule has 3 rings (SSSR count). The number of aromatic nitrogens is 1. The maximum absolute atomic E-state index is 11.6. The number of rotatable bonds is 7. The molecule has 0 spiro atoms. The van der Waals surface area contributed by atoms with Gasteiger partial charge in [0, 0.05) is 18.3 Å². The topological polar surface area (TPSA) is 88.5 Å². The van der Waals surface area contributed by atoms with E-state index in [1.165, 1.54) is 0 Å². The fraction of sp³-hybridized carbons (Fsp3) is 0.316. The van der Waals surface area contributed by atoms with Gasteiger partial charge in [-0.1, -0.05) is 30.0 Å². The summed E-state index contributed by atoms with van der Waals surface area (Å²) in [5.74, 6) is 0.517. The number of nitrogens with zero attached hydrogens (tertiary/aromatic N) is 1. The molecular weight excluding hydrogens is 388 g/mol. The van der Waals surface area contributed by atoms with Gasteiger partial charge in [0.2, 0.25) is 5.91 Å². The molecule has 0 radical (unpaired) electrons. The number of amides is 2. The zero-order valence-corrected chi connectivity index (χ0v) is 16.4. The summed E-state index contributed by atoms with van der Waals surface area (Å²) >= 11 is 1.03. The minimum atomic E-state index is -0.516. The molecule has 1 fully saturated rings. The third kappa shape index (κ3) is 5.95. The number of aliphatic hydroxyl groups excluding tert-OH is 1. The van der Waals surface area contributed by atoms with Crippen molar-refractivity contribution in [3.8, 4) is 5.75 Å². The van der Waals surface area contributed by atoms with Crippen LogP contribution in [0.5, 0.6) is 5.75 Å². The van der Waals surface area contributed by atoms with Gasteiger partial charge < -0.3 is 9.84 Å². The first-order valence-electron chi connectivity index (χ1n) is 8.37. The number of aliphatic hydroxyl groups is 1. The van der Waals surface area contributed by atoms with E-state index in [1.807, 2.05) is 36.4 Å². The molecule has 1 aromatic carbocycles. The number of benzene rings is 1. The Labute approximate surface area is 168 Å². The summed E-state index contributed by atoms with van der Waals surface area (Å²) in [6.07, 6.45) is 2.35. The van der Waals surface area contributed by atoms with Gasteiger partial charge in [-0.15, -0.1) is 12.4 Å². The average molecular weight is 409 g/mol. The Balaban J connectivity index is 0.00000261. The minimum Gasteiger partial charge on any atom is -0.493 e. The van der Waals surface area contributed by atoms with Gasteiger partial charge in [0.1, 0.15) is 5.75 Å². The van der Waals surface area contributed by atoms with Crippen LogP contribution in [0.15, 0.2) is 42.6 Å². The lowest BCUT2D eigenvalue weighted by Crippen LogP contribution is -2.25. The number of thioether (sulfide) groups is 1. The van der Waals surface area contributed by atoms with E-state index in [2.05, 4.69) is 10.3 Å². The van der Waals surface area contributed by atoms with E-state index >= 15 is 0 Å². The van der Waals surface area contributed by atoms with Crippen molar-refractivity contribution in [2.45, 2.75) is 31.1 Å². The molecule has 1 aliphatic heterocycles. The number of halogens is 1. The van der Waals surface area contributed by atoms with Crippen molar-refractivity contribution in [1.29, 1.82) is 0 Å². The lowest BCUT2D eigenvalue weighted by atomic mass is 10.1. The maximum atomic E-state index is 11.6. The summed E-state index contributed by atoms with van der Waals surface area (Å²) in [4.78, 5) is 27.1. The molecule has 2 aromatic rings. The summed E-state index contributed by atoms with van der Waals surface area (Å²) in [5.41, 5.74) is 2.68. The summed E-state index contributed by atoms with van der Waals surface area (Å²) in [7, 11) is 0. The van der Waals surface area contributed by atoms with Gasteiger partial charge in [0.25, 0.3) is 5.24 Å². The second-order valence-electron chi connectivity index (χ2n) is 6.09. The van der Waals surface area contributed by atoms with Crippen LogP contribution in [0.2, 0.25) is 0 Å². The van der Waals surface area contributed by atoms with E-state index in [4.69, 9.17) is 4.74 Å². The van der Waals surface area contributed by atoms with Crippen molar-refractivity contribution < 1.29 is 19.4 Å². The molecule has 1 aromatic heterocycles. The third-order valence-electron chi connectivity index (χ3n) is 4.07. The number of imide groups is 1. The largest absolute Gasteiger partial charge is 0.493 e. The monoisotopic (exact) mass is 408 g/mol. The standard InChI is InChI=1S/C19H20N2O4S.ClH/c1-12(22)14-4-5-15(20-11-14)8-9-25-16-6-2-13(3-7-16)10-17-18(23)21-19(24)26-17;/h2-7,11-12,17,22H,8-10H2,1H3,(H,21,23,24);1H/t12-,17-;/m1./s1. The zero-order valence-electron chi connectivity index (χ0n) is 14.8. The molecule has 0 bridgehead atoms. The molecule has 8 heteroatoms. The van der Waals surface area contributed by atoms with Gasteiger partial charge in [-0.05, 0) is 42.7 Å². The van der Waals surface area contributed by atoms with Gasteiger partial charge in [-0.3, -0.25) is 19.9 Å². The molecule has 1 aliphatic rings. The number of nitrogens with one attached hydrogen (secondary N) is 1. The van der Waals surface area contributed by atoms with Gasteiger partial charge in [0.05, 0.1) is 18.0 Å². The van der Waals surface area contributed by atoms with Crippen molar-refractivity contribution >= 4 is 35.3 Å². The van der Waals surface area contributed by atoms with E-state index in [1.54, 1.807) is 13.1 Å². The summed E-state index contributed by atoms with van der Waals surface area (Å²) in [5, 5.41) is 11.1. The molecule has 1 saturated heterocycles. The lowest BCUT2D eigenvalue weighted by Gasteiger charge is -2.09. The number of hydrogen-bond donors (Lipinski definition) is 2. The van der Waals surface area contributed by atoms with Gasteiger partial charge in [-0.25, -0.2) is 0 Å². The number of carbonyl (C=O) groups is 2. The second-order valence-corrected chi connectivity index (χ2v) is 7.26. The highest BCUT2D eigenvalue weighted by Crippen LogP contribution is 2.24. The fourth-order valence-corrected chi connectivity index (χ4v) is 3.43. The van der Waals surface area contributed by atoms with Crippen LogP contribution < -0.4 is 10.1 Å². The summed E-state index contributed by atoms with van der Waals surface area (Å²) in [6, 6.07) is 11.3. The number of carbonyl (C=O) groups excluding carboxylic acids is 2. The number of pyridine rings is 1. The summed E-state index contributed by atoms with van der Waals surface area (Å²) < 4.78 is 5.72. The second kappa shape index (κ2) is 9.73. The molecular formula is C19H21ClN2O4S. The zero-order chi connectivity index (χ0) is 18.5. The summed E-state index contributed by atoms with van der Waals surface area (Å²) in [6.45, 7) is 2.20.